The van der Waals surface area contributed by atoms with Crippen LogP contribution in [0.25, 0.3) is 0 Å². The maximum Gasteiger partial charge on any atom is 0.282 e. The number of benzene rings is 2. The number of amides is 1. The summed E-state index contributed by atoms with van der Waals surface area (Å²) in [5.74, 6) is -0.0729. The second kappa shape index (κ2) is 7.11. The van der Waals surface area contributed by atoms with Gasteiger partial charge in [-0.05, 0) is 38.1 Å². The van der Waals surface area contributed by atoms with E-state index < -0.39 is 10.8 Å². The molecule has 120 valence electrons. The third kappa shape index (κ3) is 4.20. The van der Waals surface area contributed by atoms with Crippen LogP contribution in [-0.4, -0.2) is 16.9 Å². The SMILES string of the molecule is CC(C)Oc1ccc(NC(=O)c2ccccc2[N+](=O)[O-])cc1Cl. The van der Waals surface area contributed by atoms with Gasteiger partial charge in [0.1, 0.15) is 11.3 Å². The summed E-state index contributed by atoms with van der Waals surface area (Å²) in [6.07, 6.45) is -0.0279. The van der Waals surface area contributed by atoms with Gasteiger partial charge in [-0.15, -0.1) is 0 Å². The lowest BCUT2D eigenvalue weighted by molar-refractivity contribution is -0.385. The molecule has 2 rings (SSSR count). The molecule has 0 bridgehead atoms. The van der Waals surface area contributed by atoms with E-state index in [0.717, 1.165) is 0 Å². The van der Waals surface area contributed by atoms with Gasteiger partial charge in [0.15, 0.2) is 0 Å². The minimum atomic E-state index is -0.596. The van der Waals surface area contributed by atoms with Crippen molar-refractivity contribution < 1.29 is 14.5 Å². The number of hydrogen-bond acceptors (Lipinski definition) is 4. The monoisotopic (exact) mass is 334 g/mol. The summed E-state index contributed by atoms with van der Waals surface area (Å²) in [7, 11) is 0. The molecule has 0 spiro atoms. The highest BCUT2D eigenvalue weighted by Gasteiger charge is 2.19. The van der Waals surface area contributed by atoms with Crippen LogP contribution in [-0.2, 0) is 0 Å². The second-order valence-electron chi connectivity index (χ2n) is 5.04. The van der Waals surface area contributed by atoms with Crippen molar-refractivity contribution in [1.29, 1.82) is 0 Å². The Balaban J connectivity index is 2.21. The maximum absolute atomic E-state index is 12.2. The first-order valence-corrected chi connectivity index (χ1v) is 7.27. The molecule has 0 atom stereocenters. The Morgan fingerprint density at radius 3 is 2.57 bits per heavy atom. The fourth-order valence-corrected chi connectivity index (χ4v) is 2.18. The number of nitro benzene ring substituents is 1. The van der Waals surface area contributed by atoms with Crippen molar-refractivity contribution in [1.82, 2.24) is 0 Å². The number of rotatable bonds is 5. The zero-order valence-electron chi connectivity index (χ0n) is 12.6. The molecule has 0 heterocycles. The van der Waals surface area contributed by atoms with Crippen LogP contribution in [0.2, 0.25) is 5.02 Å². The quantitative estimate of drug-likeness (QED) is 0.653. The number of halogens is 1. The van der Waals surface area contributed by atoms with E-state index in [-0.39, 0.29) is 17.4 Å². The summed E-state index contributed by atoms with van der Waals surface area (Å²) in [5, 5.41) is 13.9. The van der Waals surface area contributed by atoms with Crippen molar-refractivity contribution in [2.75, 3.05) is 5.32 Å². The predicted molar refractivity (Wildman–Crippen MR) is 88.3 cm³/mol. The highest BCUT2D eigenvalue weighted by atomic mass is 35.5. The van der Waals surface area contributed by atoms with E-state index in [2.05, 4.69) is 5.32 Å². The van der Waals surface area contributed by atoms with Crippen LogP contribution in [0.3, 0.4) is 0 Å². The summed E-state index contributed by atoms with van der Waals surface area (Å²) in [6.45, 7) is 3.75. The molecular weight excluding hydrogens is 320 g/mol. The minimum Gasteiger partial charge on any atom is -0.489 e. The van der Waals surface area contributed by atoms with Gasteiger partial charge in [0.2, 0.25) is 0 Å². The molecule has 0 unspecified atom stereocenters. The van der Waals surface area contributed by atoms with Crippen LogP contribution in [0.5, 0.6) is 5.75 Å². The van der Waals surface area contributed by atoms with Crippen molar-refractivity contribution >= 4 is 28.9 Å². The first-order chi connectivity index (χ1) is 10.9. The van der Waals surface area contributed by atoms with Crippen LogP contribution in [0.15, 0.2) is 42.5 Å². The number of hydrogen-bond donors (Lipinski definition) is 1. The Morgan fingerprint density at radius 1 is 1.26 bits per heavy atom. The van der Waals surface area contributed by atoms with E-state index in [0.29, 0.717) is 16.5 Å². The second-order valence-corrected chi connectivity index (χ2v) is 5.45. The average Bonchev–Trinajstić information content (AvgIpc) is 2.49. The Hall–Kier alpha value is -2.60. The third-order valence-corrected chi connectivity index (χ3v) is 3.19. The lowest BCUT2D eigenvalue weighted by atomic mass is 10.1. The van der Waals surface area contributed by atoms with Crippen molar-refractivity contribution in [2.24, 2.45) is 0 Å². The number of nitro groups is 1. The van der Waals surface area contributed by atoms with E-state index in [1.54, 1.807) is 18.2 Å². The van der Waals surface area contributed by atoms with Gasteiger partial charge >= 0.3 is 0 Å². The number of carbonyl (C=O) groups is 1. The van der Waals surface area contributed by atoms with Gasteiger partial charge < -0.3 is 10.1 Å². The molecular formula is C16H15ClN2O4. The molecule has 0 radical (unpaired) electrons. The smallest absolute Gasteiger partial charge is 0.282 e. The number of anilines is 1. The van der Waals surface area contributed by atoms with Gasteiger partial charge in [-0.1, -0.05) is 23.7 Å². The molecule has 0 aliphatic rings. The number of ether oxygens (including phenoxy) is 1. The molecule has 7 heteroatoms. The van der Waals surface area contributed by atoms with Gasteiger partial charge in [0.25, 0.3) is 11.6 Å². The summed E-state index contributed by atoms with van der Waals surface area (Å²) in [6, 6.07) is 10.5. The molecule has 0 aliphatic heterocycles. The predicted octanol–water partition coefficient (Wildman–Crippen LogP) is 4.29. The van der Waals surface area contributed by atoms with E-state index >= 15 is 0 Å². The lowest BCUT2D eigenvalue weighted by Crippen LogP contribution is -2.14. The van der Waals surface area contributed by atoms with Crippen molar-refractivity contribution in [3.63, 3.8) is 0 Å². The topological polar surface area (TPSA) is 81.5 Å². The van der Waals surface area contributed by atoms with E-state index in [1.165, 1.54) is 24.3 Å². The first-order valence-electron chi connectivity index (χ1n) is 6.89. The highest BCUT2D eigenvalue weighted by molar-refractivity contribution is 6.32. The Kier molecular flexibility index (Phi) is 5.18. The van der Waals surface area contributed by atoms with Crippen LogP contribution < -0.4 is 10.1 Å². The molecule has 23 heavy (non-hydrogen) atoms. The average molecular weight is 335 g/mol. The van der Waals surface area contributed by atoms with Gasteiger partial charge in [-0.25, -0.2) is 0 Å². The fraction of sp³-hybridized carbons (Fsp3) is 0.188. The molecule has 1 N–H and O–H groups in total. The van der Waals surface area contributed by atoms with Crippen molar-refractivity contribution in [3.8, 4) is 5.75 Å². The molecule has 0 saturated heterocycles. The first kappa shape index (κ1) is 16.8. The Morgan fingerprint density at radius 2 is 1.96 bits per heavy atom. The summed E-state index contributed by atoms with van der Waals surface area (Å²) in [5.41, 5.74) is 0.154. The number of nitrogens with zero attached hydrogens (tertiary/aromatic N) is 1. The molecule has 0 aliphatic carbocycles. The Labute approximate surface area is 138 Å². The number of nitrogens with one attached hydrogen (secondary N) is 1. The zero-order valence-corrected chi connectivity index (χ0v) is 13.3. The van der Waals surface area contributed by atoms with E-state index in [4.69, 9.17) is 16.3 Å². The normalized spacial score (nSPS) is 10.4. The molecule has 0 aromatic heterocycles. The maximum atomic E-state index is 12.2. The van der Waals surface area contributed by atoms with Crippen LogP contribution >= 0.6 is 11.6 Å². The van der Waals surface area contributed by atoms with Gasteiger partial charge in [-0.2, -0.15) is 0 Å². The molecule has 2 aromatic rings. The van der Waals surface area contributed by atoms with E-state index in [1.807, 2.05) is 13.8 Å². The molecule has 6 nitrogen and oxygen atoms in total. The van der Waals surface area contributed by atoms with Crippen LogP contribution in [0.4, 0.5) is 11.4 Å². The van der Waals surface area contributed by atoms with Crippen molar-refractivity contribution in [2.45, 2.75) is 20.0 Å². The van der Waals surface area contributed by atoms with Gasteiger partial charge in [0.05, 0.1) is 16.0 Å². The van der Waals surface area contributed by atoms with Crippen LogP contribution in [0, 0.1) is 10.1 Å². The molecule has 0 saturated carbocycles. The highest BCUT2D eigenvalue weighted by Crippen LogP contribution is 2.29. The largest absolute Gasteiger partial charge is 0.489 e. The summed E-state index contributed by atoms with van der Waals surface area (Å²) >= 11 is 6.10. The van der Waals surface area contributed by atoms with Gasteiger partial charge in [0, 0.05) is 11.8 Å². The Bertz CT molecular complexity index is 747. The summed E-state index contributed by atoms with van der Waals surface area (Å²) < 4.78 is 5.51. The summed E-state index contributed by atoms with van der Waals surface area (Å²) in [4.78, 5) is 22.6. The van der Waals surface area contributed by atoms with Crippen molar-refractivity contribution in [3.05, 3.63) is 63.2 Å². The minimum absolute atomic E-state index is 0.0175. The van der Waals surface area contributed by atoms with Crippen LogP contribution in [0.1, 0.15) is 24.2 Å². The third-order valence-electron chi connectivity index (χ3n) is 2.90. The zero-order chi connectivity index (χ0) is 17.0. The molecule has 1 amide bonds. The number of para-hydroxylation sites is 1. The number of carbonyl (C=O) groups excluding carboxylic acids is 1. The standard InChI is InChI=1S/C16H15ClN2O4/c1-10(2)23-15-8-7-11(9-13(15)17)18-16(20)12-5-3-4-6-14(12)19(21)22/h3-10H,1-2H3,(H,18,20). The fourth-order valence-electron chi connectivity index (χ4n) is 1.95. The molecule has 2 aromatic carbocycles. The van der Waals surface area contributed by atoms with E-state index in [9.17, 15) is 14.9 Å². The molecule has 0 fully saturated rings. The lowest BCUT2D eigenvalue weighted by Gasteiger charge is -2.12. The van der Waals surface area contributed by atoms with Gasteiger partial charge in [-0.3, -0.25) is 14.9 Å².